The van der Waals surface area contributed by atoms with E-state index in [9.17, 15) is 9.59 Å². The van der Waals surface area contributed by atoms with Crippen LogP contribution in [0.1, 0.15) is 51.1 Å². The molecule has 8 nitrogen and oxygen atoms in total. The minimum Gasteiger partial charge on any atom is -0.357 e. The second-order valence-electron chi connectivity index (χ2n) is 8.12. The quantitative estimate of drug-likeness (QED) is 0.280. The number of hydrogen-bond donors (Lipinski definition) is 3. The molecule has 31 heavy (non-hydrogen) atoms. The number of hydrogen-bond acceptors (Lipinski definition) is 4. The van der Waals surface area contributed by atoms with Crippen LogP contribution in [0, 0.1) is 12.8 Å². The van der Waals surface area contributed by atoms with Gasteiger partial charge in [0.15, 0.2) is 5.96 Å². The molecule has 1 aromatic rings. The molecular weight excluding hydrogens is 507 g/mol. The van der Waals surface area contributed by atoms with Crippen molar-refractivity contribution < 1.29 is 9.59 Å². The van der Waals surface area contributed by atoms with Crippen LogP contribution < -0.4 is 16.0 Å². The van der Waals surface area contributed by atoms with E-state index in [1.54, 1.807) is 6.07 Å². The van der Waals surface area contributed by atoms with Crippen molar-refractivity contribution >= 4 is 47.6 Å². The number of anilines is 1. The summed E-state index contributed by atoms with van der Waals surface area (Å²) in [7, 11) is 0. The Bertz CT molecular complexity index is 766. The molecule has 0 bridgehead atoms. The molecule has 2 amide bonds. The van der Waals surface area contributed by atoms with Gasteiger partial charge >= 0.3 is 0 Å². The van der Waals surface area contributed by atoms with Crippen LogP contribution in [0.3, 0.4) is 0 Å². The molecule has 1 saturated carbocycles. The minimum absolute atomic E-state index is 0. The fraction of sp³-hybridized carbons (Fsp3) is 0.636. The lowest BCUT2D eigenvalue weighted by molar-refractivity contribution is -0.134. The lowest BCUT2D eigenvalue weighted by Gasteiger charge is -2.21. The number of pyridine rings is 1. The van der Waals surface area contributed by atoms with Crippen LogP contribution in [0.15, 0.2) is 23.2 Å². The maximum atomic E-state index is 12.6. The standard InChI is InChI=1S/C22H34N6O2.HI/c1-3-23-22(24-13-11-20(29)27-19-10-6-7-16(2)25-19)26-18-12-14-28(15-18)21(30)17-8-4-5-9-17;/h6-7,10,17-18H,3-5,8-9,11-15H2,1-2H3,(H2,23,24,26)(H,25,27,29);1H. The second kappa shape index (κ2) is 12.8. The first kappa shape index (κ1) is 25.4. The van der Waals surface area contributed by atoms with Crippen LogP contribution in [0.2, 0.25) is 0 Å². The molecular formula is C22H35IN6O2. The molecule has 2 fully saturated rings. The van der Waals surface area contributed by atoms with E-state index in [4.69, 9.17) is 0 Å². The van der Waals surface area contributed by atoms with Crippen LogP contribution in [0.5, 0.6) is 0 Å². The summed E-state index contributed by atoms with van der Waals surface area (Å²) in [5, 5.41) is 9.46. The van der Waals surface area contributed by atoms with Crippen molar-refractivity contribution in [2.75, 3.05) is 31.5 Å². The summed E-state index contributed by atoms with van der Waals surface area (Å²) in [6, 6.07) is 5.72. The van der Waals surface area contributed by atoms with Crippen LogP contribution in [0.25, 0.3) is 0 Å². The Morgan fingerprint density at radius 1 is 1.23 bits per heavy atom. The van der Waals surface area contributed by atoms with Gasteiger partial charge in [-0.15, -0.1) is 24.0 Å². The van der Waals surface area contributed by atoms with Crippen molar-refractivity contribution in [2.45, 2.75) is 58.4 Å². The number of nitrogens with zero attached hydrogens (tertiary/aromatic N) is 3. The first-order valence-electron chi connectivity index (χ1n) is 11.1. The predicted molar refractivity (Wildman–Crippen MR) is 134 cm³/mol. The molecule has 0 spiro atoms. The second-order valence-corrected chi connectivity index (χ2v) is 8.12. The third kappa shape index (κ3) is 7.93. The zero-order chi connectivity index (χ0) is 21.3. The van der Waals surface area contributed by atoms with Crippen molar-refractivity contribution in [3.63, 3.8) is 0 Å². The lowest BCUT2D eigenvalue weighted by Crippen LogP contribution is -2.45. The summed E-state index contributed by atoms with van der Waals surface area (Å²) in [6.45, 7) is 6.54. The third-order valence-electron chi connectivity index (χ3n) is 5.65. The number of halogens is 1. The summed E-state index contributed by atoms with van der Waals surface area (Å²) >= 11 is 0. The molecule has 0 aromatic carbocycles. The van der Waals surface area contributed by atoms with Crippen molar-refractivity contribution in [3.05, 3.63) is 23.9 Å². The number of aromatic nitrogens is 1. The molecule has 172 valence electrons. The van der Waals surface area contributed by atoms with Gasteiger partial charge in [-0.1, -0.05) is 18.9 Å². The van der Waals surface area contributed by atoms with E-state index in [0.717, 1.165) is 44.6 Å². The van der Waals surface area contributed by atoms with Gasteiger partial charge in [-0.25, -0.2) is 4.98 Å². The number of likely N-dealkylation sites (tertiary alicyclic amines) is 1. The summed E-state index contributed by atoms with van der Waals surface area (Å²) in [6.07, 6.45) is 5.63. The van der Waals surface area contributed by atoms with Gasteiger partial charge in [0.05, 0.1) is 6.54 Å². The number of aryl methyl sites for hydroxylation is 1. The van der Waals surface area contributed by atoms with E-state index < -0.39 is 0 Å². The molecule has 2 aliphatic rings. The summed E-state index contributed by atoms with van der Waals surface area (Å²) in [4.78, 5) is 35.6. The Hall–Kier alpha value is -1.91. The highest BCUT2D eigenvalue weighted by Gasteiger charge is 2.32. The number of carbonyl (C=O) groups excluding carboxylic acids is 2. The smallest absolute Gasteiger partial charge is 0.227 e. The molecule has 1 aliphatic carbocycles. The number of nitrogens with one attached hydrogen (secondary N) is 3. The van der Waals surface area contributed by atoms with Gasteiger partial charge < -0.3 is 20.9 Å². The topological polar surface area (TPSA) is 98.7 Å². The number of rotatable bonds is 7. The Morgan fingerprint density at radius 3 is 2.71 bits per heavy atom. The fourth-order valence-corrected chi connectivity index (χ4v) is 4.11. The van der Waals surface area contributed by atoms with Gasteiger partial charge in [0.1, 0.15) is 5.82 Å². The molecule has 1 aliphatic heterocycles. The Kier molecular flexibility index (Phi) is 10.5. The summed E-state index contributed by atoms with van der Waals surface area (Å²) in [5.74, 6) is 1.69. The van der Waals surface area contributed by atoms with Crippen molar-refractivity contribution in [2.24, 2.45) is 10.9 Å². The molecule has 1 unspecified atom stereocenters. The van der Waals surface area contributed by atoms with E-state index in [1.807, 2.05) is 30.9 Å². The van der Waals surface area contributed by atoms with Crippen molar-refractivity contribution in [3.8, 4) is 0 Å². The van der Waals surface area contributed by atoms with Gasteiger partial charge in [0, 0.05) is 43.7 Å². The fourth-order valence-electron chi connectivity index (χ4n) is 4.11. The van der Waals surface area contributed by atoms with Crippen LogP contribution in [-0.4, -0.2) is 59.9 Å². The van der Waals surface area contributed by atoms with Crippen molar-refractivity contribution in [1.82, 2.24) is 20.5 Å². The average molecular weight is 542 g/mol. The van der Waals surface area contributed by atoms with Crippen molar-refractivity contribution in [1.29, 1.82) is 0 Å². The van der Waals surface area contributed by atoms with Gasteiger partial charge in [-0.2, -0.15) is 0 Å². The Labute approximate surface area is 202 Å². The van der Waals surface area contributed by atoms with Gasteiger partial charge in [0.25, 0.3) is 0 Å². The number of amides is 2. The normalized spacial score (nSPS) is 19.1. The molecule has 9 heteroatoms. The molecule has 3 rings (SSSR count). The highest BCUT2D eigenvalue weighted by atomic mass is 127. The van der Waals surface area contributed by atoms with Gasteiger partial charge in [-0.3, -0.25) is 14.6 Å². The van der Waals surface area contributed by atoms with E-state index in [-0.39, 0.29) is 48.3 Å². The van der Waals surface area contributed by atoms with E-state index >= 15 is 0 Å². The first-order chi connectivity index (χ1) is 14.5. The molecule has 1 aromatic heterocycles. The molecule has 0 radical (unpaired) electrons. The maximum absolute atomic E-state index is 12.6. The monoisotopic (exact) mass is 542 g/mol. The number of carbonyl (C=O) groups is 2. The van der Waals surface area contributed by atoms with E-state index in [1.165, 1.54) is 12.8 Å². The highest BCUT2D eigenvalue weighted by Crippen LogP contribution is 2.27. The lowest BCUT2D eigenvalue weighted by atomic mass is 10.1. The zero-order valence-electron chi connectivity index (χ0n) is 18.5. The molecule has 1 atom stereocenters. The first-order valence-corrected chi connectivity index (χ1v) is 11.1. The molecule has 3 N–H and O–H groups in total. The Balaban J connectivity index is 0.00000341. The predicted octanol–water partition coefficient (Wildman–Crippen LogP) is 2.68. The molecule has 2 heterocycles. The van der Waals surface area contributed by atoms with E-state index in [0.29, 0.717) is 24.2 Å². The highest BCUT2D eigenvalue weighted by molar-refractivity contribution is 14.0. The minimum atomic E-state index is -0.109. The molecule has 1 saturated heterocycles. The number of aliphatic imine (C=N–C) groups is 1. The van der Waals surface area contributed by atoms with Gasteiger partial charge in [0.2, 0.25) is 11.8 Å². The third-order valence-corrected chi connectivity index (χ3v) is 5.65. The largest absolute Gasteiger partial charge is 0.357 e. The summed E-state index contributed by atoms with van der Waals surface area (Å²) < 4.78 is 0. The maximum Gasteiger partial charge on any atom is 0.227 e. The SMILES string of the molecule is CCNC(=NCCC(=O)Nc1cccc(C)n1)NC1CCN(C(=O)C2CCCC2)C1.I. The van der Waals surface area contributed by atoms with Crippen LogP contribution >= 0.6 is 24.0 Å². The van der Waals surface area contributed by atoms with Gasteiger partial charge in [-0.05, 0) is 45.2 Å². The van der Waals surface area contributed by atoms with Crippen LogP contribution in [0.4, 0.5) is 5.82 Å². The number of guanidine groups is 1. The average Bonchev–Trinajstić information content (AvgIpc) is 3.40. The van der Waals surface area contributed by atoms with Crippen LogP contribution in [-0.2, 0) is 9.59 Å². The Morgan fingerprint density at radius 2 is 2.00 bits per heavy atom. The van der Waals surface area contributed by atoms with E-state index in [2.05, 4.69) is 25.9 Å². The zero-order valence-corrected chi connectivity index (χ0v) is 20.9. The summed E-state index contributed by atoms with van der Waals surface area (Å²) in [5.41, 5.74) is 0.862.